The monoisotopic (exact) mass is 958 g/mol. The molecule has 0 aliphatic heterocycles. The van der Waals surface area contributed by atoms with Gasteiger partial charge in [0.25, 0.3) is 0 Å². The molecule has 5 aromatic carbocycles. The van der Waals surface area contributed by atoms with Crippen LogP contribution in [-0.4, -0.2) is 19.4 Å². The van der Waals surface area contributed by atoms with E-state index in [1.54, 1.807) is 0 Å². The zero-order chi connectivity index (χ0) is 40.7. The van der Waals surface area contributed by atoms with Crippen molar-refractivity contribution in [1.29, 1.82) is 0 Å². The molecule has 0 saturated heterocycles. The third-order valence-corrected chi connectivity index (χ3v) is 12.1. The van der Waals surface area contributed by atoms with Crippen LogP contribution in [0.25, 0.3) is 38.6 Å². The molecule has 9 aromatic rings. The summed E-state index contributed by atoms with van der Waals surface area (Å²) in [6, 6.07) is 60.3. The Hall–Kier alpha value is -5.74. The Balaban J connectivity index is 0.00000499. The molecule has 0 aliphatic carbocycles. The summed E-state index contributed by atoms with van der Waals surface area (Å²) in [5.41, 5.74) is 11.4. The number of pyridine rings is 3. The molecule has 0 N–H and O–H groups in total. The molecule has 60 heavy (non-hydrogen) atoms. The van der Waals surface area contributed by atoms with E-state index in [2.05, 4.69) is 167 Å². The number of nitrogens with zero attached hydrogens (tertiary/aromatic N) is 4. The summed E-state index contributed by atoms with van der Waals surface area (Å²) < 4.78 is 2.45. The number of para-hydroxylation sites is 1. The first-order chi connectivity index (χ1) is 28.7. The molecule has 4 heterocycles. The van der Waals surface area contributed by atoms with Gasteiger partial charge < -0.3 is 4.40 Å². The standard InChI is InChI=1S/C55H49N4.Ir/c1-37(2)34-39-20-19-21-40(35-38(3)4)50(39)51-52(55(6,42-24-11-8-12-25-42)49-29-16-18-33-57-49)58-53-46-36-43(30-31-44(46)45-26-13-14-27-47(45)59(51)53)54(5,41-22-9-7-10-23-41)48-28-15-17-32-56-48;/h7-22,24,26-33,37-38H,34-35H2,1-6H3;/q-3;+3/t54?,55-;/m1./s1. The number of hydrogen-bond donors (Lipinski definition) is 0. The largest absolute Gasteiger partial charge is 3.00 e. The van der Waals surface area contributed by atoms with Crippen LogP contribution in [-0.2, 0) is 43.8 Å². The second kappa shape index (κ2) is 16.7. The summed E-state index contributed by atoms with van der Waals surface area (Å²) in [6.07, 6.45) is 5.64. The van der Waals surface area contributed by atoms with E-state index >= 15 is 0 Å². The van der Waals surface area contributed by atoms with Crippen LogP contribution in [0, 0.1) is 30.0 Å². The number of aromatic nitrogens is 4. The van der Waals surface area contributed by atoms with E-state index in [1.165, 1.54) is 16.7 Å². The zero-order valence-corrected chi connectivity index (χ0v) is 37.5. The van der Waals surface area contributed by atoms with Gasteiger partial charge in [0.05, 0.1) is 33.8 Å². The van der Waals surface area contributed by atoms with Crippen molar-refractivity contribution in [3.05, 3.63) is 215 Å². The van der Waals surface area contributed by atoms with Gasteiger partial charge in [-0.1, -0.05) is 87.0 Å². The second-order valence-corrected chi connectivity index (χ2v) is 17.0. The SMILES string of the molecule is CC(C)Cc1cccc(CC(C)C)c1-c1c([C@](C)(c2[c-]cccc2)c2ccccn2)nc2c3[c-]c(C(C)(c4[c-]cccc4)c4ccccn4)ccc3c3ccccc3n12.[Ir+3]. The van der Waals surface area contributed by atoms with Crippen LogP contribution in [0.5, 0.6) is 0 Å². The average molecular weight is 958 g/mol. The summed E-state index contributed by atoms with van der Waals surface area (Å²) in [5, 5.41) is 3.20. The quantitative estimate of drug-likeness (QED) is 0.0958. The Kier molecular flexibility index (Phi) is 11.4. The molecule has 1 unspecified atom stereocenters. The first-order valence-corrected chi connectivity index (χ1v) is 20.9. The number of fused-ring (bicyclic) bond motifs is 6. The molecule has 4 nitrogen and oxygen atoms in total. The minimum atomic E-state index is -0.781. The fourth-order valence-corrected chi connectivity index (χ4v) is 9.20. The van der Waals surface area contributed by atoms with Crippen LogP contribution in [0.3, 0.4) is 0 Å². The van der Waals surface area contributed by atoms with Crippen molar-refractivity contribution in [2.45, 2.75) is 65.2 Å². The van der Waals surface area contributed by atoms with E-state index in [0.29, 0.717) is 11.8 Å². The fourth-order valence-electron chi connectivity index (χ4n) is 9.20. The molecular weight excluding hydrogens is 909 g/mol. The number of hydrogen-bond acceptors (Lipinski definition) is 3. The molecule has 5 heteroatoms. The topological polar surface area (TPSA) is 43.1 Å². The number of rotatable bonds is 11. The van der Waals surface area contributed by atoms with E-state index in [1.807, 2.05) is 48.8 Å². The first kappa shape index (κ1) is 41.0. The molecule has 2 atom stereocenters. The maximum absolute atomic E-state index is 5.95. The number of imidazole rings is 1. The molecule has 0 spiro atoms. The minimum Gasteiger partial charge on any atom is -0.333 e. The summed E-state index contributed by atoms with van der Waals surface area (Å²) >= 11 is 0. The Labute approximate surface area is 368 Å². The fraction of sp³-hybridized carbons (Fsp3) is 0.218. The second-order valence-electron chi connectivity index (χ2n) is 17.0. The van der Waals surface area contributed by atoms with Crippen molar-refractivity contribution >= 4 is 27.3 Å². The molecule has 4 aromatic heterocycles. The Morgan fingerprint density at radius 1 is 0.567 bits per heavy atom. The molecule has 0 radical (unpaired) electrons. The molecule has 0 fully saturated rings. The maximum Gasteiger partial charge on any atom is 3.00 e. The summed E-state index contributed by atoms with van der Waals surface area (Å²) in [5.74, 6) is 0.894. The molecule has 9 rings (SSSR count). The van der Waals surface area contributed by atoms with Crippen LogP contribution in [0.2, 0.25) is 0 Å². The smallest absolute Gasteiger partial charge is 0.333 e. The molecule has 0 aliphatic rings. The van der Waals surface area contributed by atoms with Gasteiger partial charge in [0.2, 0.25) is 0 Å². The van der Waals surface area contributed by atoms with E-state index in [4.69, 9.17) is 15.0 Å². The average Bonchev–Trinajstić information content (AvgIpc) is 3.68. The Morgan fingerprint density at radius 3 is 1.70 bits per heavy atom. The maximum atomic E-state index is 5.95. The molecule has 0 amide bonds. The summed E-state index contributed by atoms with van der Waals surface area (Å²) in [6.45, 7) is 13.8. The van der Waals surface area contributed by atoms with E-state index in [0.717, 1.165) is 79.6 Å². The minimum absolute atomic E-state index is 0. The van der Waals surface area contributed by atoms with Crippen LogP contribution in [0.4, 0.5) is 0 Å². The van der Waals surface area contributed by atoms with Gasteiger partial charge in [0.1, 0.15) is 0 Å². The normalized spacial score (nSPS) is 13.7. The third kappa shape index (κ3) is 6.98. The predicted octanol–water partition coefficient (Wildman–Crippen LogP) is 12.6. The van der Waals surface area contributed by atoms with Crippen LogP contribution in [0.15, 0.2) is 152 Å². The summed E-state index contributed by atoms with van der Waals surface area (Å²) in [7, 11) is 0. The third-order valence-electron chi connectivity index (χ3n) is 12.1. The van der Waals surface area contributed by atoms with Crippen molar-refractivity contribution in [2.24, 2.45) is 11.8 Å². The predicted molar refractivity (Wildman–Crippen MR) is 242 cm³/mol. The van der Waals surface area contributed by atoms with Crippen molar-refractivity contribution in [3.63, 3.8) is 0 Å². The van der Waals surface area contributed by atoms with Gasteiger partial charge in [-0.25, -0.2) is 0 Å². The molecule has 0 saturated carbocycles. The van der Waals surface area contributed by atoms with Crippen molar-refractivity contribution in [1.82, 2.24) is 19.4 Å². The van der Waals surface area contributed by atoms with Gasteiger partial charge in [-0.3, -0.25) is 15.0 Å². The van der Waals surface area contributed by atoms with E-state index < -0.39 is 10.8 Å². The van der Waals surface area contributed by atoms with E-state index in [9.17, 15) is 0 Å². The van der Waals surface area contributed by atoms with Gasteiger partial charge in [-0.15, -0.1) is 34.9 Å². The Bertz CT molecular complexity index is 2790. The van der Waals surface area contributed by atoms with Crippen molar-refractivity contribution in [2.75, 3.05) is 0 Å². The van der Waals surface area contributed by atoms with Crippen molar-refractivity contribution < 1.29 is 20.1 Å². The molecule has 298 valence electrons. The molecular formula is C55H49IrN4. The summed E-state index contributed by atoms with van der Waals surface area (Å²) in [4.78, 5) is 16.0. The van der Waals surface area contributed by atoms with Gasteiger partial charge in [-0.2, -0.15) is 60.7 Å². The number of benzene rings is 5. The first-order valence-electron chi connectivity index (χ1n) is 20.9. The van der Waals surface area contributed by atoms with Gasteiger partial charge >= 0.3 is 20.1 Å². The van der Waals surface area contributed by atoms with Crippen LogP contribution < -0.4 is 0 Å². The zero-order valence-electron chi connectivity index (χ0n) is 35.1. The van der Waals surface area contributed by atoms with Crippen LogP contribution >= 0.6 is 0 Å². The van der Waals surface area contributed by atoms with Gasteiger partial charge in [0, 0.05) is 28.9 Å². The van der Waals surface area contributed by atoms with Crippen molar-refractivity contribution in [3.8, 4) is 11.3 Å². The van der Waals surface area contributed by atoms with E-state index in [-0.39, 0.29) is 20.1 Å². The van der Waals surface area contributed by atoms with Gasteiger partial charge in [0.15, 0.2) is 0 Å². The Morgan fingerprint density at radius 2 is 1.13 bits per heavy atom. The molecule has 0 bridgehead atoms. The van der Waals surface area contributed by atoms with Gasteiger partial charge in [-0.05, 0) is 85.4 Å². The van der Waals surface area contributed by atoms with Crippen LogP contribution in [0.1, 0.15) is 86.4 Å².